The molecule has 0 bridgehead atoms. The van der Waals surface area contributed by atoms with Crippen LogP contribution < -0.4 is 15.4 Å². The normalized spacial score (nSPS) is 11.2. The van der Waals surface area contributed by atoms with Gasteiger partial charge in [-0.05, 0) is 48.9 Å². The molecule has 0 heterocycles. The van der Waals surface area contributed by atoms with E-state index in [0.29, 0.717) is 5.75 Å². The summed E-state index contributed by atoms with van der Waals surface area (Å²) in [6.45, 7) is 0.735. The number of ether oxygens (including phenoxy) is 4. The zero-order valence-corrected chi connectivity index (χ0v) is 20.2. The van der Waals surface area contributed by atoms with Crippen LogP contribution in [-0.4, -0.2) is 63.7 Å². The highest BCUT2D eigenvalue weighted by Gasteiger charge is 2.19. The van der Waals surface area contributed by atoms with Crippen LogP contribution in [0.5, 0.6) is 5.75 Å². The lowest BCUT2D eigenvalue weighted by Crippen LogP contribution is -2.39. The molecule has 0 spiro atoms. The summed E-state index contributed by atoms with van der Waals surface area (Å²) in [6, 6.07) is 9.79. The Morgan fingerprint density at radius 2 is 1.47 bits per heavy atom. The molecule has 0 unspecified atom stereocenters. The van der Waals surface area contributed by atoms with Crippen LogP contribution in [-0.2, 0) is 28.6 Å². The molecule has 36 heavy (non-hydrogen) atoms. The molecule has 0 aliphatic heterocycles. The zero-order valence-electron chi connectivity index (χ0n) is 20.2. The van der Waals surface area contributed by atoms with E-state index in [1.165, 1.54) is 45.4 Å². The Balaban J connectivity index is 1.90. The van der Waals surface area contributed by atoms with Crippen molar-refractivity contribution in [2.75, 3.05) is 33.3 Å². The fourth-order valence-electron chi connectivity index (χ4n) is 2.84. The molecule has 2 aromatic rings. The van der Waals surface area contributed by atoms with E-state index in [2.05, 4.69) is 20.1 Å². The third-order valence-corrected chi connectivity index (χ3v) is 4.66. The Kier molecular flexibility index (Phi) is 10.2. The monoisotopic (exact) mass is 498 g/mol. The minimum absolute atomic E-state index is 0.00623. The summed E-state index contributed by atoms with van der Waals surface area (Å²) in [4.78, 5) is 60.2. The fraction of sp³-hybridized carbons (Fsp3) is 0.240. The van der Waals surface area contributed by atoms with E-state index in [4.69, 9.17) is 9.47 Å². The average Bonchev–Trinajstić information content (AvgIpc) is 2.89. The first kappa shape index (κ1) is 27.6. The maximum atomic E-state index is 12.2. The van der Waals surface area contributed by atoms with Crippen molar-refractivity contribution in [3.05, 3.63) is 65.2 Å². The number of benzene rings is 2. The molecule has 0 fully saturated rings. The van der Waals surface area contributed by atoms with Crippen LogP contribution >= 0.6 is 0 Å². The van der Waals surface area contributed by atoms with Crippen LogP contribution in [0.1, 0.15) is 33.2 Å². The van der Waals surface area contributed by atoms with Crippen molar-refractivity contribution in [1.82, 2.24) is 5.32 Å². The average molecular weight is 498 g/mol. The van der Waals surface area contributed by atoms with Crippen LogP contribution in [0.15, 0.2) is 48.5 Å². The summed E-state index contributed by atoms with van der Waals surface area (Å²) in [5, 5.41) is 4.86. The smallest absolute Gasteiger partial charge is 0.337 e. The minimum Gasteiger partial charge on any atom is -0.497 e. The van der Waals surface area contributed by atoms with Gasteiger partial charge in [0, 0.05) is 11.8 Å². The number of carbonyl (C=O) groups excluding carboxylic acids is 5. The van der Waals surface area contributed by atoms with E-state index >= 15 is 0 Å². The zero-order chi connectivity index (χ0) is 26.7. The van der Waals surface area contributed by atoms with Crippen LogP contribution in [0.25, 0.3) is 6.08 Å². The van der Waals surface area contributed by atoms with Crippen molar-refractivity contribution in [2.24, 2.45) is 0 Å². The van der Waals surface area contributed by atoms with Gasteiger partial charge in [-0.1, -0.05) is 12.1 Å². The van der Waals surface area contributed by atoms with Crippen molar-refractivity contribution < 1.29 is 42.9 Å². The quantitative estimate of drug-likeness (QED) is 0.285. The third kappa shape index (κ3) is 8.28. The van der Waals surface area contributed by atoms with Gasteiger partial charge in [-0.15, -0.1) is 0 Å². The van der Waals surface area contributed by atoms with Crippen molar-refractivity contribution in [3.63, 3.8) is 0 Å². The van der Waals surface area contributed by atoms with E-state index in [-0.39, 0.29) is 16.8 Å². The summed E-state index contributed by atoms with van der Waals surface area (Å²) in [5.74, 6) is -2.89. The molecule has 0 radical (unpaired) electrons. The molecule has 0 saturated carbocycles. The lowest BCUT2D eigenvalue weighted by molar-refractivity contribution is -0.149. The van der Waals surface area contributed by atoms with Crippen molar-refractivity contribution in [3.8, 4) is 5.75 Å². The highest BCUT2D eigenvalue weighted by molar-refractivity contribution is 6.00. The largest absolute Gasteiger partial charge is 0.497 e. The second kappa shape index (κ2) is 13.3. The lowest BCUT2D eigenvalue weighted by atomic mass is 10.1. The first-order valence-corrected chi connectivity index (χ1v) is 10.6. The van der Waals surface area contributed by atoms with E-state index in [0.717, 1.165) is 5.56 Å². The molecule has 2 aromatic carbocycles. The second-order valence-corrected chi connectivity index (χ2v) is 7.27. The predicted molar refractivity (Wildman–Crippen MR) is 128 cm³/mol. The Morgan fingerprint density at radius 1 is 0.889 bits per heavy atom. The summed E-state index contributed by atoms with van der Waals surface area (Å²) < 4.78 is 19.3. The topological polar surface area (TPSA) is 146 Å². The summed E-state index contributed by atoms with van der Waals surface area (Å²) in [6.07, 6.45) is 2.82. The number of esters is 3. The van der Waals surface area contributed by atoms with E-state index < -0.39 is 42.4 Å². The number of nitrogens with one attached hydrogen (secondary N) is 2. The van der Waals surface area contributed by atoms with E-state index in [9.17, 15) is 24.0 Å². The lowest BCUT2D eigenvalue weighted by Gasteiger charge is -2.13. The standard InChI is InChI=1S/C25H26N2O9/c1-15(26-21(28)10-7-16-5-8-20(33-2)9-6-16)23(30)36-14-22(29)27-19-12-17(24(31)34-3)11-18(13-19)25(32)35-4/h5-13,15H,14H2,1-4H3,(H,26,28)(H,27,29)/b10-7+/t15-/m0/s1. The molecule has 0 aliphatic rings. The fourth-order valence-corrected chi connectivity index (χ4v) is 2.84. The van der Waals surface area contributed by atoms with Crippen molar-refractivity contribution in [1.29, 1.82) is 0 Å². The van der Waals surface area contributed by atoms with Crippen molar-refractivity contribution >= 4 is 41.5 Å². The first-order chi connectivity index (χ1) is 17.2. The molecule has 190 valence electrons. The number of anilines is 1. The van der Waals surface area contributed by atoms with Gasteiger partial charge in [0.2, 0.25) is 5.91 Å². The Bertz CT molecular complexity index is 1120. The molecule has 0 aromatic heterocycles. The van der Waals surface area contributed by atoms with Crippen molar-refractivity contribution in [2.45, 2.75) is 13.0 Å². The molecule has 1 atom stereocenters. The highest BCUT2D eigenvalue weighted by Crippen LogP contribution is 2.17. The SMILES string of the molecule is COC(=O)c1cc(NC(=O)COC(=O)[C@H](C)NC(=O)/C=C/c2ccc(OC)cc2)cc(C(=O)OC)c1. The van der Waals surface area contributed by atoms with Gasteiger partial charge in [0.15, 0.2) is 6.61 Å². The molecule has 11 nitrogen and oxygen atoms in total. The van der Waals surface area contributed by atoms with Gasteiger partial charge in [-0.2, -0.15) is 0 Å². The molecule has 11 heteroatoms. The third-order valence-electron chi connectivity index (χ3n) is 4.66. The minimum atomic E-state index is -1.03. The number of hydrogen-bond acceptors (Lipinski definition) is 9. The molecule has 2 amide bonds. The molecular formula is C25H26N2O9. The second-order valence-electron chi connectivity index (χ2n) is 7.27. The maximum absolute atomic E-state index is 12.2. The number of rotatable bonds is 10. The Labute approximate surface area is 207 Å². The van der Waals surface area contributed by atoms with Gasteiger partial charge in [-0.3, -0.25) is 9.59 Å². The summed E-state index contributed by atoms with van der Waals surface area (Å²) in [5.41, 5.74) is 0.854. The van der Waals surface area contributed by atoms with Gasteiger partial charge in [0.1, 0.15) is 11.8 Å². The molecule has 0 aliphatic carbocycles. The van der Waals surface area contributed by atoms with Crippen LogP contribution in [0.3, 0.4) is 0 Å². The molecule has 2 rings (SSSR count). The van der Waals surface area contributed by atoms with Gasteiger partial charge in [0.25, 0.3) is 5.91 Å². The van der Waals surface area contributed by atoms with Crippen LogP contribution in [0.2, 0.25) is 0 Å². The van der Waals surface area contributed by atoms with Crippen LogP contribution in [0, 0.1) is 0 Å². The Hall–Kier alpha value is -4.67. The highest BCUT2D eigenvalue weighted by atomic mass is 16.5. The first-order valence-electron chi connectivity index (χ1n) is 10.6. The molecule has 2 N–H and O–H groups in total. The number of amides is 2. The number of carbonyl (C=O) groups is 5. The van der Waals surface area contributed by atoms with Gasteiger partial charge in [-0.25, -0.2) is 14.4 Å². The molecular weight excluding hydrogens is 472 g/mol. The van der Waals surface area contributed by atoms with E-state index in [1.54, 1.807) is 37.5 Å². The van der Waals surface area contributed by atoms with Gasteiger partial charge >= 0.3 is 17.9 Å². The van der Waals surface area contributed by atoms with Gasteiger partial charge in [0.05, 0.1) is 32.5 Å². The number of hydrogen-bond donors (Lipinski definition) is 2. The maximum Gasteiger partial charge on any atom is 0.337 e. The van der Waals surface area contributed by atoms with Gasteiger partial charge < -0.3 is 29.6 Å². The summed E-state index contributed by atoms with van der Waals surface area (Å²) >= 11 is 0. The summed E-state index contributed by atoms with van der Waals surface area (Å²) in [7, 11) is 3.88. The van der Waals surface area contributed by atoms with Crippen LogP contribution in [0.4, 0.5) is 5.69 Å². The predicted octanol–water partition coefficient (Wildman–Crippen LogP) is 1.97. The van der Waals surface area contributed by atoms with E-state index in [1.807, 2.05) is 0 Å². The Morgan fingerprint density at radius 3 is 2.00 bits per heavy atom. The number of methoxy groups -OCH3 is 3. The molecule has 0 saturated heterocycles.